The summed E-state index contributed by atoms with van der Waals surface area (Å²) in [7, 11) is 0. The van der Waals surface area contributed by atoms with E-state index in [1.165, 1.54) is 32.8 Å². The first-order valence-corrected chi connectivity index (χ1v) is 17.4. The Morgan fingerprint density at radius 3 is 1.73 bits per heavy atom. The maximum absolute atomic E-state index is 6.84. The Hall–Kier alpha value is -6.65. The summed E-state index contributed by atoms with van der Waals surface area (Å²) in [5.74, 6) is 2.82. The minimum absolute atomic E-state index is 0.143. The first-order valence-electron chi connectivity index (χ1n) is 17.4. The molecule has 0 aliphatic heterocycles. The summed E-state index contributed by atoms with van der Waals surface area (Å²) in [6.45, 7) is 0. The van der Waals surface area contributed by atoms with E-state index in [9.17, 15) is 0 Å². The van der Waals surface area contributed by atoms with Crippen molar-refractivity contribution in [1.82, 2.24) is 15.0 Å². The Balaban J connectivity index is 1.12. The monoisotopic (exact) mass is 653 g/mol. The van der Waals surface area contributed by atoms with E-state index in [2.05, 4.69) is 140 Å². The van der Waals surface area contributed by atoms with Crippen LogP contribution in [0.4, 0.5) is 0 Å². The summed E-state index contributed by atoms with van der Waals surface area (Å²) < 4.78 is 6.84. The SMILES string of the molecule is C1=C(c2nc(-c3ccccc3)nc(-c3ccc(-c4ccc5ccccc5c4)cc3)n2)c2oc3cc4ccccc4cc3c2C(c2ccccc2)C1. The van der Waals surface area contributed by atoms with E-state index < -0.39 is 0 Å². The Morgan fingerprint density at radius 2 is 1.00 bits per heavy atom. The highest BCUT2D eigenvalue weighted by molar-refractivity contribution is 6.00. The van der Waals surface area contributed by atoms with E-state index in [1.807, 2.05) is 30.3 Å². The van der Waals surface area contributed by atoms with Gasteiger partial charge in [-0.2, -0.15) is 0 Å². The van der Waals surface area contributed by atoms with Gasteiger partial charge in [0.2, 0.25) is 0 Å². The molecule has 10 rings (SSSR count). The number of benzene rings is 7. The summed E-state index contributed by atoms with van der Waals surface area (Å²) in [6.07, 6.45) is 3.05. The van der Waals surface area contributed by atoms with Gasteiger partial charge in [0, 0.05) is 28.0 Å². The van der Waals surface area contributed by atoms with Crippen LogP contribution in [0.3, 0.4) is 0 Å². The van der Waals surface area contributed by atoms with E-state index in [1.54, 1.807) is 0 Å². The van der Waals surface area contributed by atoms with Crippen molar-refractivity contribution in [2.45, 2.75) is 12.3 Å². The molecule has 0 saturated heterocycles. The fraction of sp³-hybridized carbons (Fsp3) is 0.0426. The Labute approximate surface area is 295 Å². The minimum Gasteiger partial charge on any atom is -0.456 e. The van der Waals surface area contributed by atoms with Gasteiger partial charge in [0.15, 0.2) is 17.5 Å². The first kappa shape index (κ1) is 29.3. The van der Waals surface area contributed by atoms with Crippen LogP contribution in [0.25, 0.3) is 72.0 Å². The molecular weight excluding hydrogens is 623 g/mol. The van der Waals surface area contributed by atoms with Gasteiger partial charge in [-0.1, -0.05) is 152 Å². The number of nitrogens with zero attached hydrogens (tertiary/aromatic N) is 3. The number of fused-ring (bicyclic) bond motifs is 5. The molecule has 7 aromatic carbocycles. The van der Waals surface area contributed by atoms with Gasteiger partial charge < -0.3 is 4.42 Å². The van der Waals surface area contributed by atoms with Crippen LogP contribution in [0, 0.1) is 0 Å². The second-order valence-electron chi connectivity index (χ2n) is 13.2. The molecule has 0 saturated carbocycles. The third-order valence-corrected chi connectivity index (χ3v) is 10.1. The molecule has 9 aromatic rings. The molecule has 1 aliphatic carbocycles. The maximum Gasteiger partial charge on any atom is 0.167 e. The molecule has 51 heavy (non-hydrogen) atoms. The summed E-state index contributed by atoms with van der Waals surface area (Å²) in [6, 6.07) is 57.3. The zero-order chi connectivity index (χ0) is 33.7. The van der Waals surface area contributed by atoms with Crippen LogP contribution < -0.4 is 0 Å². The molecule has 1 aliphatic rings. The van der Waals surface area contributed by atoms with Crippen molar-refractivity contribution >= 4 is 38.1 Å². The number of furan rings is 1. The highest BCUT2D eigenvalue weighted by Gasteiger charge is 2.32. The van der Waals surface area contributed by atoms with Gasteiger partial charge in [-0.25, -0.2) is 15.0 Å². The lowest BCUT2D eigenvalue weighted by Crippen LogP contribution is -2.10. The lowest BCUT2D eigenvalue weighted by atomic mass is 9.81. The Morgan fingerprint density at radius 1 is 0.451 bits per heavy atom. The third-order valence-electron chi connectivity index (χ3n) is 10.1. The second kappa shape index (κ2) is 12.0. The van der Waals surface area contributed by atoms with E-state index >= 15 is 0 Å². The highest BCUT2D eigenvalue weighted by Crippen LogP contribution is 2.46. The fourth-order valence-electron chi connectivity index (χ4n) is 7.50. The molecule has 0 amide bonds. The second-order valence-corrected chi connectivity index (χ2v) is 13.2. The number of hydrogen-bond acceptors (Lipinski definition) is 4. The lowest BCUT2D eigenvalue weighted by Gasteiger charge is -2.22. The van der Waals surface area contributed by atoms with Crippen LogP contribution in [0.15, 0.2) is 174 Å². The average molecular weight is 654 g/mol. The molecule has 0 bridgehead atoms. The van der Waals surface area contributed by atoms with Crippen LogP contribution >= 0.6 is 0 Å². The number of aromatic nitrogens is 3. The van der Waals surface area contributed by atoms with Gasteiger partial charge >= 0.3 is 0 Å². The summed E-state index contributed by atoms with van der Waals surface area (Å²) in [5, 5.41) is 5.93. The van der Waals surface area contributed by atoms with E-state index in [0.717, 1.165) is 50.8 Å². The number of allylic oxidation sites excluding steroid dienone is 1. The van der Waals surface area contributed by atoms with E-state index in [0.29, 0.717) is 17.5 Å². The molecule has 4 heteroatoms. The van der Waals surface area contributed by atoms with Gasteiger partial charge in [0.1, 0.15) is 11.3 Å². The molecular formula is C47H31N3O. The van der Waals surface area contributed by atoms with Crippen LogP contribution in [0.1, 0.15) is 35.1 Å². The van der Waals surface area contributed by atoms with Crippen LogP contribution in [-0.4, -0.2) is 15.0 Å². The highest BCUT2D eigenvalue weighted by atomic mass is 16.3. The van der Waals surface area contributed by atoms with Gasteiger partial charge in [0.25, 0.3) is 0 Å². The van der Waals surface area contributed by atoms with Crippen LogP contribution in [-0.2, 0) is 0 Å². The number of rotatable bonds is 5. The molecule has 2 aromatic heterocycles. The van der Waals surface area contributed by atoms with Gasteiger partial charge in [-0.15, -0.1) is 0 Å². The zero-order valence-corrected chi connectivity index (χ0v) is 27.7. The summed E-state index contributed by atoms with van der Waals surface area (Å²) in [5.41, 5.74) is 8.38. The molecule has 240 valence electrons. The van der Waals surface area contributed by atoms with Crippen molar-refractivity contribution in [3.05, 3.63) is 193 Å². The summed E-state index contributed by atoms with van der Waals surface area (Å²) in [4.78, 5) is 15.3. The van der Waals surface area contributed by atoms with Crippen molar-refractivity contribution in [3.63, 3.8) is 0 Å². The molecule has 1 unspecified atom stereocenters. The van der Waals surface area contributed by atoms with E-state index in [4.69, 9.17) is 19.4 Å². The Kier molecular flexibility index (Phi) is 6.91. The first-order chi connectivity index (χ1) is 25.2. The van der Waals surface area contributed by atoms with Crippen LogP contribution in [0.2, 0.25) is 0 Å². The van der Waals surface area contributed by atoms with Gasteiger partial charge in [-0.3, -0.25) is 0 Å². The number of hydrogen-bond donors (Lipinski definition) is 0. The van der Waals surface area contributed by atoms with Crippen molar-refractivity contribution in [1.29, 1.82) is 0 Å². The van der Waals surface area contributed by atoms with Crippen molar-refractivity contribution < 1.29 is 4.42 Å². The van der Waals surface area contributed by atoms with Gasteiger partial charge in [-0.05, 0) is 62.9 Å². The molecule has 1 atom stereocenters. The molecule has 0 spiro atoms. The average Bonchev–Trinajstić information content (AvgIpc) is 3.58. The molecule has 0 N–H and O–H groups in total. The normalized spacial score (nSPS) is 14.1. The van der Waals surface area contributed by atoms with Crippen molar-refractivity contribution in [3.8, 4) is 33.9 Å². The fourth-order valence-corrected chi connectivity index (χ4v) is 7.50. The molecule has 0 radical (unpaired) electrons. The Bertz CT molecular complexity index is 2770. The topological polar surface area (TPSA) is 51.8 Å². The standard InChI is InChI=1S/C47H31N3O/c1-3-12-32(13-4-1)39-25-26-40(44-43(39)41-28-36-17-9-10-18-37(36)29-42(41)51-44)47-49-45(33-14-5-2-6-15-33)48-46(50-47)34-22-19-31(20-23-34)38-24-21-30-11-7-8-16-35(30)27-38/h1-24,26-29,39H,25H2. The maximum atomic E-state index is 6.84. The molecule has 0 fully saturated rings. The van der Waals surface area contributed by atoms with Crippen LogP contribution in [0.5, 0.6) is 0 Å². The van der Waals surface area contributed by atoms with Gasteiger partial charge in [0.05, 0.1) is 5.57 Å². The van der Waals surface area contributed by atoms with Crippen molar-refractivity contribution in [2.75, 3.05) is 0 Å². The predicted octanol–water partition coefficient (Wildman–Crippen LogP) is 11.9. The third kappa shape index (κ3) is 5.20. The minimum atomic E-state index is 0.143. The lowest BCUT2D eigenvalue weighted by molar-refractivity contribution is 0.584. The predicted molar refractivity (Wildman–Crippen MR) is 207 cm³/mol. The largest absolute Gasteiger partial charge is 0.456 e. The molecule has 4 nitrogen and oxygen atoms in total. The zero-order valence-electron chi connectivity index (χ0n) is 27.7. The quantitative estimate of drug-likeness (QED) is 0.185. The molecule has 2 heterocycles. The summed E-state index contributed by atoms with van der Waals surface area (Å²) >= 11 is 0. The van der Waals surface area contributed by atoms with E-state index in [-0.39, 0.29) is 5.92 Å². The van der Waals surface area contributed by atoms with Crippen molar-refractivity contribution in [2.24, 2.45) is 0 Å². The smallest absolute Gasteiger partial charge is 0.167 e.